The highest BCUT2D eigenvalue weighted by Crippen LogP contribution is 1.94. The number of rotatable bonds is 6. The number of aliphatic carboxylic acids is 2. The molecule has 0 aromatic carbocycles. The van der Waals surface area contributed by atoms with Crippen molar-refractivity contribution < 1.29 is 29.7 Å². The Hall–Kier alpha value is -1.18. The summed E-state index contributed by atoms with van der Waals surface area (Å²) < 4.78 is 0. The van der Waals surface area contributed by atoms with E-state index in [-0.39, 0.29) is 0 Å². The number of nitrogens with zero attached hydrogens (tertiary/aromatic N) is 1. The first kappa shape index (κ1) is 11.8. The van der Waals surface area contributed by atoms with E-state index < -0.39 is 31.3 Å². The Morgan fingerprint density at radius 2 is 1.69 bits per heavy atom. The van der Waals surface area contributed by atoms with Crippen LogP contribution in [-0.2, 0) is 14.4 Å². The molecule has 1 atom stereocenters. The molecule has 0 aliphatic rings. The largest absolute Gasteiger partial charge is 0.480 e. The maximum Gasteiger partial charge on any atom is 0.320 e. The third-order valence-electron chi connectivity index (χ3n) is 0.925. The van der Waals surface area contributed by atoms with Crippen molar-refractivity contribution in [1.82, 2.24) is 5.06 Å². The van der Waals surface area contributed by atoms with Gasteiger partial charge in [-0.2, -0.15) is 5.06 Å². The lowest BCUT2D eigenvalue weighted by atomic mass is 10.5. The molecule has 0 aliphatic carbocycles. The number of carboxylic acid groups (broad SMARTS) is 2. The first-order valence-corrected chi connectivity index (χ1v) is 3.45. The van der Waals surface area contributed by atoms with Gasteiger partial charge in [-0.1, -0.05) is 0 Å². The smallest absolute Gasteiger partial charge is 0.320 e. The zero-order valence-electron chi connectivity index (χ0n) is 7.01. The predicted molar refractivity (Wildman–Crippen MR) is 39.6 cm³/mol. The second-order valence-corrected chi connectivity index (χ2v) is 2.29. The van der Waals surface area contributed by atoms with E-state index in [2.05, 4.69) is 4.84 Å². The molecule has 76 valence electrons. The Morgan fingerprint density at radius 3 is 1.92 bits per heavy atom. The molecule has 0 aromatic heterocycles. The van der Waals surface area contributed by atoms with Crippen LogP contribution in [0.1, 0.15) is 6.92 Å². The summed E-state index contributed by atoms with van der Waals surface area (Å²) in [6.45, 7) is 0.0467. The molecule has 0 spiro atoms. The highest BCUT2D eigenvalue weighted by atomic mass is 16.8. The average molecular weight is 193 g/mol. The summed E-state index contributed by atoms with van der Waals surface area (Å²) in [7, 11) is 0. The highest BCUT2D eigenvalue weighted by Gasteiger charge is 2.15. The minimum absolute atomic E-state index is 0.600. The van der Waals surface area contributed by atoms with E-state index >= 15 is 0 Å². The number of carboxylic acids is 2. The molecule has 0 amide bonds. The van der Waals surface area contributed by atoms with Crippen LogP contribution in [0.3, 0.4) is 0 Å². The van der Waals surface area contributed by atoms with Gasteiger partial charge in [-0.05, 0) is 6.92 Å². The summed E-state index contributed by atoms with van der Waals surface area (Å²) in [5.74, 6) is -2.47. The molecular formula is C6H11NO6. The Bertz CT molecular complexity index is 176. The Labute approximate surface area is 74.1 Å². The summed E-state index contributed by atoms with van der Waals surface area (Å²) in [5, 5.41) is 26.0. The van der Waals surface area contributed by atoms with Crippen LogP contribution in [0.15, 0.2) is 0 Å². The number of aliphatic hydroxyl groups is 1. The number of aliphatic hydroxyl groups excluding tert-OH is 1. The van der Waals surface area contributed by atoms with E-state index in [1.165, 1.54) is 6.92 Å². The molecule has 0 radical (unpaired) electrons. The molecule has 0 rings (SSSR count). The molecule has 0 aliphatic heterocycles. The van der Waals surface area contributed by atoms with Gasteiger partial charge in [0.15, 0.2) is 6.29 Å². The van der Waals surface area contributed by atoms with E-state index in [1.54, 1.807) is 0 Å². The fourth-order valence-corrected chi connectivity index (χ4v) is 0.648. The molecule has 3 N–H and O–H groups in total. The first-order chi connectivity index (χ1) is 5.91. The van der Waals surface area contributed by atoms with E-state index in [9.17, 15) is 9.59 Å². The van der Waals surface area contributed by atoms with Crippen LogP contribution in [0.2, 0.25) is 0 Å². The van der Waals surface area contributed by atoms with Gasteiger partial charge >= 0.3 is 11.9 Å². The van der Waals surface area contributed by atoms with E-state index in [4.69, 9.17) is 15.3 Å². The fraction of sp³-hybridized carbons (Fsp3) is 0.667. The Balaban J connectivity index is 4.02. The van der Waals surface area contributed by atoms with Crippen LogP contribution in [0.4, 0.5) is 0 Å². The average Bonchev–Trinajstić information content (AvgIpc) is 1.80. The lowest BCUT2D eigenvalue weighted by Gasteiger charge is -2.18. The lowest BCUT2D eigenvalue weighted by molar-refractivity contribution is -0.256. The van der Waals surface area contributed by atoms with Crippen molar-refractivity contribution in [2.45, 2.75) is 13.2 Å². The van der Waals surface area contributed by atoms with Crippen LogP contribution in [-0.4, -0.2) is 51.7 Å². The molecule has 0 fully saturated rings. The maximum absolute atomic E-state index is 10.2. The Kier molecular flexibility index (Phi) is 4.97. The zero-order chi connectivity index (χ0) is 10.4. The van der Waals surface area contributed by atoms with Gasteiger partial charge in [0, 0.05) is 0 Å². The lowest BCUT2D eigenvalue weighted by Crippen LogP contribution is -2.37. The van der Waals surface area contributed by atoms with Gasteiger partial charge in [0.05, 0.1) is 0 Å². The standard InChI is InChI=1S/C6H11NO6/c1-4(8)13-7(2-5(9)10)3-6(11)12/h4,8H,2-3H2,1H3,(H,9,10)(H,11,12). The van der Waals surface area contributed by atoms with Crippen LogP contribution in [0, 0.1) is 0 Å². The van der Waals surface area contributed by atoms with Crippen molar-refractivity contribution >= 4 is 11.9 Å². The van der Waals surface area contributed by atoms with Gasteiger partial charge in [0.1, 0.15) is 13.1 Å². The van der Waals surface area contributed by atoms with E-state index in [0.717, 1.165) is 0 Å². The van der Waals surface area contributed by atoms with Crippen molar-refractivity contribution in [3.63, 3.8) is 0 Å². The highest BCUT2D eigenvalue weighted by molar-refractivity contribution is 5.72. The zero-order valence-corrected chi connectivity index (χ0v) is 7.01. The first-order valence-electron chi connectivity index (χ1n) is 3.45. The van der Waals surface area contributed by atoms with Gasteiger partial charge in [-0.25, -0.2) is 0 Å². The molecule has 0 saturated heterocycles. The predicted octanol–water partition coefficient (Wildman–Crippen LogP) is -1.27. The fourth-order valence-electron chi connectivity index (χ4n) is 0.648. The van der Waals surface area contributed by atoms with Crippen molar-refractivity contribution in [2.75, 3.05) is 13.1 Å². The molecule has 0 aromatic rings. The summed E-state index contributed by atoms with van der Waals surface area (Å²) >= 11 is 0. The molecule has 7 nitrogen and oxygen atoms in total. The minimum atomic E-state index is -1.24. The van der Waals surface area contributed by atoms with Crippen molar-refractivity contribution in [1.29, 1.82) is 0 Å². The van der Waals surface area contributed by atoms with Crippen molar-refractivity contribution in [3.05, 3.63) is 0 Å². The second kappa shape index (κ2) is 5.46. The monoisotopic (exact) mass is 193 g/mol. The third kappa shape index (κ3) is 7.19. The number of hydroxylamine groups is 2. The number of carbonyl (C=O) groups is 2. The van der Waals surface area contributed by atoms with Gasteiger partial charge in [0.25, 0.3) is 0 Å². The maximum atomic E-state index is 10.2. The molecular weight excluding hydrogens is 182 g/mol. The molecule has 1 unspecified atom stereocenters. The topological polar surface area (TPSA) is 107 Å². The van der Waals surface area contributed by atoms with Crippen LogP contribution in [0.25, 0.3) is 0 Å². The molecule has 0 saturated carbocycles. The van der Waals surface area contributed by atoms with E-state index in [0.29, 0.717) is 5.06 Å². The summed E-state index contributed by atoms with van der Waals surface area (Å²) in [4.78, 5) is 24.9. The molecule has 0 bridgehead atoms. The van der Waals surface area contributed by atoms with E-state index in [1.807, 2.05) is 0 Å². The summed E-state index contributed by atoms with van der Waals surface area (Å²) in [6, 6.07) is 0. The second-order valence-electron chi connectivity index (χ2n) is 2.29. The van der Waals surface area contributed by atoms with Crippen LogP contribution < -0.4 is 0 Å². The SMILES string of the molecule is CC(O)ON(CC(=O)O)CC(=O)O. The molecule has 0 heterocycles. The van der Waals surface area contributed by atoms with Gasteiger partial charge in [0.2, 0.25) is 0 Å². The quantitative estimate of drug-likeness (QED) is 0.356. The number of hydrogen-bond acceptors (Lipinski definition) is 5. The molecule has 13 heavy (non-hydrogen) atoms. The number of hydrogen-bond donors (Lipinski definition) is 3. The Morgan fingerprint density at radius 1 is 1.31 bits per heavy atom. The normalized spacial score (nSPS) is 12.8. The molecule has 7 heteroatoms. The van der Waals surface area contributed by atoms with Gasteiger partial charge < -0.3 is 15.3 Å². The van der Waals surface area contributed by atoms with Crippen LogP contribution in [0.5, 0.6) is 0 Å². The van der Waals surface area contributed by atoms with Gasteiger partial charge in [-0.15, -0.1) is 0 Å². The summed E-state index contributed by atoms with van der Waals surface area (Å²) in [5.41, 5.74) is 0. The van der Waals surface area contributed by atoms with Crippen molar-refractivity contribution in [2.24, 2.45) is 0 Å². The summed E-state index contributed by atoms with van der Waals surface area (Å²) in [6.07, 6.45) is -1.24. The minimum Gasteiger partial charge on any atom is -0.480 e. The third-order valence-corrected chi connectivity index (χ3v) is 0.925. The van der Waals surface area contributed by atoms with Gasteiger partial charge in [-0.3, -0.25) is 14.4 Å². The van der Waals surface area contributed by atoms with Crippen molar-refractivity contribution in [3.8, 4) is 0 Å². The van der Waals surface area contributed by atoms with Crippen LogP contribution >= 0.6 is 0 Å².